The molecule has 0 saturated carbocycles. The van der Waals surface area contributed by atoms with E-state index >= 15 is 0 Å². The second-order valence-corrected chi connectivity index (χ2v) is 6.30. The summed E-state index contributed by atoms with van der Waals surface area (Å²) in [5.74, 6) is -1.14. The number of hydrogen-bond acceptors (Lipinski definition) is 5. The maximum atomic E-state index is 12.5. The largest absolute Gasteiger partial charge is 0.512 e. The number of allylic oxidation sites excluding steroid dienone is 4. The van der Waals surface area contributed by atoms with E-state index in [0.717, 1.165) is 0 Å². The minimum absolute atomic E-state index is 0.0111. The zero-order chi connectivity index (χ0) is 17.3. The van der Waals surface area contributed by atoms with Gasteiger partial charge in [-0.1, -0.05) is 12.1 Å². The molecule has 1 aromatic carbocycles. The molecule has 5 heteroatoms. The van der Waals surface area contributed by atoms with Crippen LogP contribution < -0.4 is 0 Å². The second-order valence-electron chi connectivity index (χ2n) is 6.30. The fourth-order valence-electron chi connectivity index (χ4n) is 3.49. The van der Waals surface area contributed by atoms with Crippen molar-refractivity contribution in [1.82, 2.24) is 0 Å². The number of phenolic OH excluding ortho intramolecular Hbond substituents is 1. The first kappa shape index (κ1) is 16.3. The molecule has 1 aromatic rings. The van der Waals surface area contributed by atoms with Gasteiger partial charge in [-0.2, -0.15) is 0 Å². The number of ketones is 2. The molecule has 5 nitrogen and oxygen atoms in total. The molecule has 0 bridgehead atoms. The Balaban J connectivity index is 2.20. The number of aromatic hydroxyl groups is 1. The number of aliphatic hydroxyl groups excluding tert-OH is 2. The van der Waals surface area contributed by atoms with Crippen LogP contribution in [0.25, 0.3) is 0 Å². The van der Waals surface area contributed by atoms with E-state index in [4.69, 9.17) is 0 Å². The van der Waals surface area contributed by atoms with Crippen molar-refractivity contribution < 1.29 is 24.9 Å². The van der Waals surface area contributed by atoms with Gasteiger partial charge in [0, 0.05) is 42.7 Å². The van der Waals surface area contributed by atoms with E-state index < -0.39 is 5.92 Å². The maximum Gasteiger partial charge on any atom is 0.163 e. The van der Waals surface area contributed by atoms with Crippen molar-refractivity contribution in [2.45, 2.75) is 44.4 Å². The molecule has 0 spiro atoms. The lowest BCUT2D eigenvalue weighted by Crippen LogP contribution is -2.25. The molecule has 0 aliphatic heterocycles. The molecular weight excluding hydrogens is 308 g/mol. The second kappa shape index (κ2) is 6.51. The molecule has 0 atom stereocenters. The van der Waals surface area contributed by atoms with Crippen LogP contribution in [0.3, 0.4) is 0 Å². The van der Waals surface area contributed by atoms with Crippen molar-refractivity contribution in [3.8, 4) is 5.75 Å². The van der Waals surface area contributed by atoms with Crippen LogP contribution in [0.4, 0.5) is 0 Å². The van der Waals surface area contributed by atoms with Crippen molar-refractivity contribution >= 4 is 11.6 Å². The molecule has 3 rings (SSSR count). The molecule has 2 aliphatic rings. The minimum atomic E-state index is -0.786. The summed E-state index contributed by atoms with van der Waals surface area (Å²) in [6.07, 6.45) is 2.56. The highest BCUT2D eigenvalue weighted by molar-refractivity contribution is 6.05. The smallest absolute Gasteiger partial charge is 0.163 e. The number of phenols is 1. The van der Waals surface area contributed by atoms with Crippen molar-refractivity contribution in [3.05, 3.63) is 52.5 Å². The Labute approximate surface area is 139 Å². The highest BCUT2D eigenvalue weighted by atomic mass is 16.3. The molecule has 3 N–H and O–H groups in total. The topological polar surface area (TPSA) is 94.8 Å². The van der Waals surface area contributed by atoms with E-state index in [-0.39, 0.29) is 40.0 Å². The van der Waals surface area contributed by atoms with E-state index in [1.807, 2.05) is 0 Å². The molecule has 24 heavy (non-hydrogen) atoms. The van der Waals surface area contributed by atoms with E-state index in [1.54, 1.807) is 12.1 Å². The lowest BCUT2D eigenvalue weighted by molar-refractivity contribution is -0.117. The van der Waals surface area contributed by atoms with Gasteiger partial charge in [0.25, 0.3) is 0 Å². The van der Waals surface area contributed by atoms with Crippen LogP contribution in [-0.4, -0.2) is 26.9 Å². The average molecular weight is 328 g/mol. The first-order valence-corrected chi connectivity index (χ1v) is 8.18. The zero-order valence-corrected chi connectivity index (χ0v) is 13.3. The number of hydrogen-bond donors (Lipinski definition) is 3. The van der Waals surface area contributed by atoms with E-state index in [9.17, 15) is 24.9 Å². The van der Waals surface area contributed by atoms with Gasteiger partial charge in [-0.25, -0.2) is 0 Å². The lowest BCUT2D eigenvalue weighted by atomic mass is 9.74. The standard InChI is InChI=1S/C19H20O5/c20-12-9-7-11(8-10-12)17(18-13(21)3-1-4-14(18)22)19-15(23)5-2-6-16(19)24/h7-10,17,20-21,23H,1-6H2. The minimum Gasteiger partial charge on any atom is -0.512 e. The molecule has 0 aromatic heterocycles. The fraction of sp³-hybridized carbons (Fsp3) is 0.368. The summed E-state index contributed by atoms with van der Waals surface area (Å²) in [6, 6.07) is 6.17. The molecule has 0 unspecified atom stereocenters. The Morgan fingerprint density at radius 3 is 1.58 bits per heavy atom. The third-order valence-electron chi connectivity index (χ3n) is 4.66. The van der Waals surface area contributed by atoms with Crippen molar-refractivity contribution in [2.24, 2.45) is 0 Å². The molecule has 2 aliphatic carbocycles. The number of carbonyl (C=O) groups is 2. The maximum absolute atomic E-state index is 12.5. The number of aliphatic hydroxyl groups is 2. The summed E-state index contributed by atoms with van der Waals surface area (Å²) in [5.41, 5.74) is 0.994. The molecule has 0 amide bonds. The zero-order valence-electron chi connectivity index (χ0n) is 13.3. The third kappa shape index (κ3) is 2.94. The van der Waals surface area contributed by atoms with E-state index in [1.165, 1.54) is 12.1 Å². The Kier molecular flexibility index (Phi) is 4.42. The molecule has 0 saturated heterocycles. The predicted molar refractivity (Wildman–Crippen MR) is 87.9 cm³/mol. The fourth-order valence-corrected chi connectivity index (χ4v) is 3.49. The number of Topliss-reactive ketones (excluding diaryl/α,β-unsaturated/α-hetero) is 2. The van der Waals surface area contributed by atoms with Gasteiger partial charge < -0.3 is 15.3 Å². The molecule has 0 radical (unpaired) electrons. The average Bonchev–Trinajstić information content (AvgIpc) is 2.54. The van der Waals surface area contributed by atoms with Crippen LogP contribution in [0.1, 0.15) is 50.0 Å². The number of benzene rings is 1. The Bertz CT molecular complexity index is 698. The summed E-state index contributed by atoms with van der Waals surface area (Å²) in [5, 5.41) is 30.2. The van der Waals surface area contributed by atoms with Crippen LogP contribution in [0.2, 0.25) is 0 Å². The quantitative estimate of drug-likeness (QED) is 0.788. The highest BCUT2D eigenvalue weighted by Gasteiger charge is 2.37. The monoisotopic (exact) mass is 328 g/mol. The van der Waals surface area contributed by atoms with Crippen molar-refractivity contribution in [1.29, 1.82) is 0 Å². The summed E-state index contributed by atoms with van der Waals surface area (Å²) < 4.78 is 0. The van der Waals surface area contributed by atoms with Gasteiger partial charge in [0.15, 0.2) is 11.6 Å². The third-order valence-corrected chi connectivity index (χ3v) is 4.66. The summed E-state index contributed by atoms with van der Waals surface area (Å²) in [4.78, 5) is 24.9. The van der Waals surface area contributed by atoms with Gasteiger partial charge in [-0.3, -0.25) is 9.59 Å². The van der Waals surface area contributed by atoms with Gasteiger partial charge >= 0.3 is 0 Å². The van der Waals surface area contributed by atoms with Gasteiger partial charge in [-0.15, -0.1) is 0 Å². The van der Waals surface area contributed by atoms with Crippen LogP contribution >= 0.6 is 0 Å². The molecule has 0 heterocycles. The van der Waals surface area contributed by atoms with Crippen LogP contribution in [0, 0.1) is 0 Å². The van der Waals surface area contributed by atoms with Gasteiger partial charge in [0.2, 0.25) is 0 Å². The van der Waals surface area contributed by atoms with Crippen molar-refractivity contribution in [3.63, 3.8) is 0 Å². The van der Waals surface area contributed by atoms with Crippen LogP contribution in [0.5, 0.6) is 5.75 Å². The first-order valence-electron chi connectivity index (χ1n) is 8.18. The predicted octanol–water partition coefficient (Wildman–Crippen LogP) is 3.61. The highest BCUT2D eigenvalue weighted by Crippen LogP contribution is 2.41. The number of rotatable bonds is 3. The van der Waals surface area contributed by atoms with Gasteiger partial charge in [-0.05, 0) is 30.5 Å². The van der Waals surface area contributed by atoms with E-state index in [2.05, 4.69) is 0 Å². The van der Waals surface area contributed by atoms with Gasteiger partial charge in [0.05, 0.1) is 11.5 Å². The Morgan fingerprint density at radius 2 is 1.17 bits per heavy atom. The van der Waals surface area contributed by atoms with E-state index in [0.29, 0.717) is 44.1 Å². The first-order chi connectivity index (χ1) is 11.5. The summed E-state index contributed by atoms with van der Waals surface area (Å²) in [6.45, 7) is 0. The van der Waals surface area contributed by atoms with Crippen LogP contribution in [0.15, 0.2) is 46.9 Å². The molecule has 0 fully saturated rings. The SMILES string of the molecule is O=C1CCCC(O)=C1C(C1=C(O)CCCC1=O)c1ccc(O)cc1. The summed E-state index contributed by atoms with van der Waals surface area (Å²) in [7, 11) is 0. The molecular formula is C19H20O5. The Morgan fingerprint density at radius 1 is 0.708 bits per heavy atom. The molecule has 126 valence electrons. The Hall–Kier alpha value is -2.56. The van der Waals surface area contributed by atoms with Crippen molar-refractivity contribution in [2.75, 3.05) is 0 Å². The lowest BCUT2D eigenvalue weighted by Gasteiger charge is -2.28. The van der Waals surface area contributed by atoms with Crippen LogP contribution in [-0.2, 0) is 9.59 Å². The van der Waals surface area contributed by atoms with Gasteiger partial charge in [0.1, 0.15) is 5.75 Å². The number of carbonyl (C=O) groups excluding carboxylic acids is 2. The normalized spacial score (nSPS) is 19.4. The summed E-state index contributed by atoms with van der Waals surface area (Å²) >= 11 is 0.